The van der Waals surface area contributed by atoms with Crippen molar-refractivity contribution in [2.45, 2.75) is 6.42 Å². The fourth-order valence-corrected chi connectivity index (χ4v) is 2.45. The maximum absolute atomic E-state index is 13.1. The predicted octanol–water partition coefficient (Wildman–Crippen LogP) is 3.33. The number of nitrogens with zero attached hydrogens (tertiary/aromatic N) is 1. The van der Waals surface area contributed by atoms with Crippen LogP contribution in [-0.2, 0) is 6.42 Å². The molecule has 0 fully saturated rings. The molecule has 0 atom stereocenters. The maximum atomic E-state index is 13.1. The molecule has 3 rings (SSSR count). The van der Waals surface area contributed by atoms with E-state index in [0.29, 0.717) is 11.8 Å². The molecule has 1 aliphatic rings. The molecule has 0 N–H and O–H groups in total. The second-order valence-electron chi connectivity index (χ2n) is 4.35. The zero-order chi connectivity index (χ0) is 12.5. The molecule has 0 amide bonds. The van der Waals surface area contributed by atoms with E-state index >= 15 is 0 Å². The first kappa shape index (κ1) is 11.0. The highest BCUT2D eigenvalue weighted by Crippen LogP contribution is 2.35. The summed E-state index contributed by atoms with van der Waals surface area (Å²) in [7, 11) is 0. The van der Waals surface area contributed by atoms with Crippen molar-refractivity contribution in [3.8, 4) is 0 Å². The van der Waals surface area contributed by atoms with Gasteiger partial charge in [0.05, 0.1) is 5.69 Å². The number of anilines is 2. The molecule has 3 heteroatoms. The SMILES string of the molecule is O=Cc1cc(F)ccc1N1CCc2ccccc21. The number of aldehydes is 1. The maximum Gasteiger partial charge on any atom is 0.152 e. The molecule has 1 aliphatic heterocycles. The van der Waals surface area contributed by atoms with E-state index in [0.717, 1.165) is 24.3 Å². The standard InChI is InChI=1S/C15H12FNO/c16-13-5-6-15(12(9-13)10-18)17-8-7-11-3-1-2-4-14(11)17/h1-6,9-10H,7-8H2. The third-order valence-electron chi connectivity index (χ3n) is 3.29. The molecular formula is C15H12FNO. The molecule has 0 spiro atoms. The lowest BCUT2D eigenvalue weighted by atomic mass is 10.1. The number of hydrogen-bond donors (Lipinski definition) is 0. The van der Waals surface area contributed by atoms with E-state index in [1.165, 1.54) is 17.7 Å². The van der Waals surface area contributed by atoms with Crippen LogP contribution >= 0.6 is 0 Å². The van der Waals surface area contributed by atoms with Crippen LogP contribution in [0.15, 0.2) is 42.5 Å². The van der Waals surface area contributed by atoms with Gasteiger partial charge in [0.25, 0.3) is 0 Å². The van der Waals surface area contributed by atoms with E-state index < -0.39 is 0 Å². The van der Waals surface area contributed by atoms with Crippen LogP contribution in [0.3, 0.4) is 0 Å². The Kier molecular flexibility index (Phi) is 2.59. The van der Waals surface area contributed by atoms with Crippen molar-refractivity contribution < 1.29 is 9.18 Å². The number of para-hydroxylation sites is 1. The molecule has 0 saturated heterocycles. The second kappa shape index (κ2) is 4.26. The van der Waals surface area contributed by atoms with Crippen molar-refractivity contribution in [1.82, 2.24) is 0 Å². The molecular weight excluding hydrogens is 229 g/mol. The smallest absolute Gasteiger partial charge is 0.152 e. The van der Waals surface area contributed by atoms with Crippen LogP contribution in [0.4, 0.5) is 15.8 Å². The summed E-state index contributed by atoms with van der Waals surface area (Å²) < 4.78 is 13.1. The average molecular weight is 241 g/mol. The lowest BCUT2D eigenvalue weighted by Crippen LogP contribution is -2.15. The number of carbonyl (C=O) groups excluding carboxylic acids is 1. The molecule has 0 saturated carbocycles. The lowest BCUT2D eigenvalue weighted by Gasteiger charge is -2.21. The van der Waals surface area contributed by atoms with E-state index in [1.807, 2.05) is 18.2 Å². The minimum Gasteiger partial charge on any atom is -0.340 e. The highest BCUT2D eigenvalue weighted by molar-refractivity contribution is 5.87. The van der Waals surface area contributed by atoms with E-state index in [-0.39, 0.29) is 5.82 Å². The van der Waals surface area contributed by atoms with Gasteiger partial charge >= 0.3 is 0 Å². The van der Waals surface area contributed by atoms with Crippen molar-refractivity contribution in [1.29, 1.82) is 0 Å². The number of hydrogen-bond acceptors (Lipinski definition) is 2. The van der Waals surface area contributed by atoms with Crippen LogP contribution in [0.1, 0.15) is 15.9 Å². The first-order chi connectivity index (χ1) is 8.79. The van der Waals surface area contributed by atoms with Crippen molar-refractivity contribution in [2.24, 2.45) is 0 Å². The van der Waals surface area contributed by atoms with Crippen molar-refractivity contribution in [2.75, 3.05) is 11.4 Å². The Balaban J connectivity index is 2.10. The first-order valence-electron chi connectivity index (χ1n) is 5.90. The summed E-state index contributed by atoms with van der Waals surface area (Å²) in [5.41, 5.74) is 3.54. The van der Waals surface area contributed by atoms with Gasteiger partial charge in [0.2, 0.25) is 0 Å². The Morgan fingerprint density at radius 2 is 1.94 bits per heavy atom. The largest absolute Gasteiger partial charge is 0.340 e. The molecule has 2 aromatic rings. The van der Waals surface area contributed by atoms with Gasteiger partial charge in [0.15, 0.2) is 6.29 Å². The van der Waals surface area contributed by atoms with Crippen molar-refractivity contribution >= 4 is 17.7 Å². The number of fused-ring (bicyclic) bond motifs is 1. The van der Waals surface area contributed by atoms with Gasteiger partial charge in [0.1, 0.15) is 5.82 Å². The van der Waals surface area contributed by atoms with Gasteiger partial charge in [-0.15, -0.1) is 0 Å². The van der Waals surface area contributed by atoms with Gasteiger partial charge in [-0.3, -0.25) is 4.79 Å². The fraction of sp³-hybridized carbons (Fsp3) is 0.133. The van der Waals surface area contributed by atoms with Crippen molar-refractivity contribution in [3.05, 3.63) is 59.4 Å². The number of rotatable bonds is 2. The Morgan fingerprint density at radius 3 is 2.78 bits per heavy atom. The fourth-order valence-electron chi connectivity index (χ4n) is 2.45. The van der Waals surface area contributed by atoms with Gasteiger partial charge in [0, 0.05) is 17.8 Å². The third kappa shape index (κ3) is 1.68. The minimum absolute atomic E-state index is 0.381. The molecule has 0 unspecified atom stereocenters. The van der Waals surface area contributed by atoms with Gasteiger partial charge in [-0.1, -0.05) is 18.2 Å². The van der Waals surface area contributed by atoms with Crippen LogP contribution in [0.2, 0.25) is 0 Å². The Hall–Kier alpha value is -2.16. The Labute approximate surface area is 105 Å². The lowest BCUT2D eigenvalue weighted by molar-refractivity contribution is 0.112. The van der Waals surface area contributed by atoms with E-state index in [9.17, 15) is 9.18 Å². The highest BCUT2D eigenvalue weighted by atomic mass is 19.1. The summed E-state index contributed by atoms with van der Waals surface area (Å²) in [5.74, 6) is -0.381. The Morgan fingerprint density at radius 1 is 1.11 bits per heavy atom. The van der Waals surface area contributed by atoms with Crippen LogP contribution < -0.4 is 4.90 Å². The predicted molar refractivity (Wildman–Crippen MR) is 68.9 cm³/mol. The van der Waals surface area contributed by atoms with Gasteiger partial charge < -0.3 is 4.90 Å². The number of halogens is 1. The normalized spacial score (nSPS) is 13.5. The molecule has 2 aromatic carbocycles. The summed E-state index contributed by atoms with van der Waals surface area (Å²) in [6.45, 7) is 0.825. The molecule has 18 heavy (non-hydrogen) atoms. The monoisotopic (exact) mass is 241 g/mol. The molecule has 90 valence electrons. The molecule has 0 aromatic heterocycles. The topological polar surface area (TPSA) is 20.3 Å². The van der Waals surface area contributed by atoms with E-state index in [1.54, 1.807) is 6.07 Å². The van der Waals surface area contributed by atoms with Crippen molar-refractivity contribution in [3.63, 3.8) is 0 Å². The molecule has 2 nitrogen and oxygen atoms in total. The summed E-state index contributed by atoms with van der Waals surface area (Å²) in [6, 6.07) is 12.4. The van der Waals surface area contributed by atoms with E-state index in [2.05, 4.69) is 11.0 Å². The van der Waals surface area contributed by atoms with Crippen LogP contribution in [0, 0.1) is 5.82 Å². The minimum atomic E-state index is -0.381. The summed E-state index contributed by atoms with van der Waals surface area (Å²) in [5, 5.41) is 0. The van der Waals surface area contributed by atoms with Gasteiger partial charge in [-0.2, -0.15) is 0 Å². The Bertz CT molecular complexity index is 609. The molecule has 0 aliphatic carbocycles. The highest BCUT2D eigenvalue weighted by Gasteiger charge is 2.21. The van der Waals surface area contributed by atoms with Gasteiger partial charge in [-0.25, -0.2) is 4.39 Å². The second-order valence-corrected chi connectivity index (χ2v) is 4.35. The average Bonchev–Trinajstić information content (AvgIpc) is 2.82. The number of benzene rings is 2. The quantitative estimate of drug-likeness (QED) is 0.752. The summed E-state index contributed by atoms with van der Waals surface area (Å²) in [4.78, 5) is 13.1. The molecule has 0 bridgehead atoms. The third-order valence-corrected chi connectivity index (χ3v) is 3.29. The first-order valence-corrected chi connectivity index (χ1v) is 5.90. The van der Waals surface area contributed by atoms with Crippen LogP contribution in [0.25, 0.3) is 0 Å². The van der Waals surface area contributed by atoms with Crippen LogP contribution in [-0.4, -0.2) is 12.8 Å². The van der Waals surface area contributed by atoms with Crippen LogP contribution in [0.5, 0.6) is 0 Å². The zero-order valence-corrected chi connectivity index (χ0v) is 9.77. The van der Waals surface area contributed by atoms with E-state index in [4.69, 9.17) is 0 Å². The summed E-state index contributed by atoms with van der Waals surface area (Å²) in [6.07, 6.45) is 1.66. The molecule has 1 heterocycles. The number of carbonyl (C=O) groups is 1. The molecule has 0 radical (unpaired) electrons. The summed E-state index contributed by atoms with van der Waals surface area (Å²) >= 11 is 0. The van der Waals surface area contributed by atoms with Gasteiger partial charge in [-0.05, 0) is 36.2 Å². The zero-order valence-electron chi connectivity index (χ0n) is 9.77.